The summed E-state index contributed by atoms with van der Waals surface area (Å²) in [4.78, 5) is 55.8. The molecule has 1 unspecified atom stereocenters. The molecule has 2 saturated heterocycles. The number of carbonyl (C=O) groups excluding carboxylic acids is 3. The lowest BCUT2D eigenvalue weighted by molar-refractivity contribution is -0.384. The molecule has 3 amide bonds. The summed E-state index contributed by atoms with van der Waals surface area (Å²) in [6.07, 6.45) is 0.624. The van der Waals surface area contributed by atoms with Crippen molar-refractivity contribution in [2.24, 2.45) is 0 Å². The number of aryl methyl sites for hydroxylation is 1. The summed E-state index contributed by atoms with van der Waals surface area (Å²) in [5, 5.41) is 14.0. The first-order chi connectivity index (χ1) is 18.1. The van der Waals surface area contributed by atoms with Gasteiger partial charge in [0, 0.05) is 62.3 Å². The molecule has 2 heterocycles. The normalized spacial score (nSPS) is 18.6. The Kier molecular flexibility index (Phi) is 8.08. The molecule has 1 N–H and O–H groups in total. The molecule has 2 aromatic carbocycles. The van der Waals surface area contributed by atoms with Crippen LogP contribution in [0.2, 0.25) is 0 Å². The summed E-state index contributed by atoms with van der Waals surface area (Å²) in [5.74, 6) is -0.899. The van der Waals surface area contributed by atoms with E-state index in [1.165, 1.54) is 18.2 Å². The van der Waals surface area contributed by atoms with Gasteiger partial charge in [0.25, 0.3) is 17.5 Å². The van der Waals surface area contributed by atoms with Crippen LogP contribution in [0.15, 0.2) is 48.5 Å². The van der Waals surface area contributed by atoms with Crippen LogP contribution in [-0.4, -0.2) is 96.0 Å². The van der Waals surface area contributed by atoms with Crippen LogP contribution in [0, 0.1) is 17.0 Å². The first-order valence-corrected chi connectivity index (χ1v) is 12.6. The minimum atomic E-state index is -1.04. The molecule has 2 fully saturated rings. The van der Waals surface area contributed by atoms with Gasteiger partial charge in [-0.05, 0) is 39.2 Å². The molecule has 0 bridgehead atoms. The van der Waals surface area contributed by atoms with Gasteiger partial charge in [-0.1, -0.05) is 23.8 Å². The zero-order valence-electron chi connectivity index (χ0n) is 21.9. The third-order valence-electron chi connectivity index (χ3n) is 7.07. The Hall–Kier alpha value is -3.83. The Morgan fingerprint density at radius 3 is 2.39 bits per heavy atom. The lowest BCUT2D eigenvalue weighted by Crippen LogP contribution is -2.60. The highest BCUT2D eigenvalue weighted by Crippen LogP contribution is 2.39. The van der Waals surface area contributed by atoms with Crippen LogP contribution >= 0.6 is 0 Å². The fraction of sp³-hybridized carbons (Fsp3) is 0.444. The van der Waals surface area contributed by atoms with E-state index < -0.39 is 16.7 Å². The van der Waals surface area contributed by atoms with Crippen LogP contribution in [-0.2, 0) is 9.53 Å². The number of nitrogens with one attached hydrogen (secondary N) is 1. The van der Waals surface area contributed by atoms with Gasteiger partial charge < -0.3 is 19.9 Å². The number of hydrogen-bond acceptors (Lipinski definition) is 7. The molecule has 11 heteroatoms. The minimum Gasteiger partial charge on any atom is -0.353 e. The molecular formula is C27H33N5O6. The Bertz CT molecular complexity index is 1210. The van der Waals surface area contributed by atoms with Gasteiger partial charge in [-0.15, -0.1) is 0 Å². The SMILES string of the molecule is Cc1ccc(C(=O)N2C(C(=O)NCCN(C)C)COC23CCN(C(=O)c2cccc([N+](=O)[O-])c2)CC3)cc1. The zero-order chi connectivity index (χ0) is 27.4. The van der Waals surface area contributed by atoms with Gasteiger partial charge in [-0.2, -0.15) is 0 Å². The number of benzene rings is 2. The molecule has 2 aliphatic heterocycles. The van der Waals surface area contributed by atoms with E-state index in [4.69, 9.17) is 4.74 Å². The molecule has 0 saturated carbocycles. The number of ether oxygens (including phenoxy) is 1. The summed E-state index contributed by atoms with van der Waals surface area (Å²) in [7, 11) is 3.82. The molecular weight excluding hydrogens is 490 g/mol. The maximum absolute atomic E-state index is 13.8. The Labute approximate surface area is 221 Å². The van der Waals surface area contributed by atoms with Crippen LogP contribution in [0.4, 0.5) is 5.69 Å². The second-order valence-corrected chi connectivity index (χ2v) is 10.0. The second-order valence-electron chi connectivity index (χ2n) is 10.0. The van der Waals surface area contributed by atoms with Crippen molar-refractivity contribution in [1.29, 1.82) is 0 Å². The van der Waals surface area contributed by atoms with E-state index in [-0.39, 0.29) is 48.7 Å². The third-order valence-corrected chi connectivity index (χ3v) is 7.07. The van der Waals surface area contributed by atoms with E-state index in [1.807, 2.05) is 38.1 Å². The predicted octanol–water partition coefficient (Wildman–Crippen LogP) is 2.05. The zero-order valence-corrected chi connectivity index (χ0v) is 21.9. The largest absolute Gasteiger partial charge is 0.353 e. The summed E-state index contributed by atoms with van der Waals surface area (Å²) >= 11 is 0. The number of rotatable bonds is 7. The van der Waals surface area contributed by atoms with E-state index in [1.54, 1.807) is 28.0 Å². The predicted molar refractivity (Wildman–Crippen MR) is 140 cm³/mol. The number of amides is 3. The molecule has 4 rings (SSSR count). The topological polar surface area (TPSA) is 125 Å². The molecule has 1 atom stereocenters. The fourth-order valence-electron chi connectivity index (χ4n) is 4.92. The number of piperidine rings is 1. The van der Waals surface area contributed by atoms with Gasteiger partial charge in [0.15, 0.2) is 0 Å². The van der Waals surface area contributed by atoms with Gasteiger partial charge >= 0.3 is 0 Å². The summed E-state index contributed by atoms with van der Waals surface area (Å²) in [6.45, 7) is 3.63. The maximum Gasteiger partial charge on any atom is 0.270 e. The Morgan fingerprint density at radius 2 is 1.76 bits per heavy atom. The van der Waals surface area contributed by atoms with E-state index in [9.17, 15) is 24.5 Å². The molecule has 202 valence electrons. The van der Waals surface area contributed by atoms with Crippen molar-refractivity contribution in [3.63, 3.8) is 0 Å². The maximum atomic E-state index is 13.8. The molecule has 0 aromatic heterocycles. The number of likely N-dealkylation sites (tertiary alicyclic amines) is 1. The number of nitrogens with zero attached hydrogens (tertiary/aromatic N) is 4. The van der Waals surface area contributed by atoms with E-state index in [0.29, 0.717) is 31.5 Å². The molecule has 1 spiro atoms. The summed E-state index contributed by atoms with van der Waals surface area (Å²) in [5.41, 5.74) is 0.515. The van der Waals surface area contributed by atoms with Crippen molar-refractivity contribution in [3.8, 4) is 0 Å². The summed E-state index contributed by atoms with van der Waals surface area (Å²) in [6, 6.07) is 12.0. The quantitative estimate of drug-likeness (QED) is 0.435. The highest BCUT2D eigenvalue weighted by molar-refractivity contribution is 5.98. The highest BCUT2D eigenvalue weighted by Gasteiger charge is 2.54. The highest BCUT2D eigenvalue weighted by atomic mass is 16.6. The number of non-ortho nitro benzene ring substituents is 1. The molecule has 2 aromatic rings. The van der Waals surface area contributed by atoms with Crippen LogP contribution in [0.5, 0.6) is 0 Å². The standard InChI is InChI=1S/C27H33N5O6/c1-19-7-9-20(10-8-19)26(35)31-23(24(33)28-13-16-29(2)3)18-38-27(31)11-14-30(15-12-27)25(34)21-5-4-6-22(17-21)32(36)37/h4-10,17,23H,11-16,18H2,1-3H3,(H,28,33). The lowest BCUT2D eigenvalue weighted by atomic mass is 9.96. The van der Waals surface area contributed by atoms with Gasteiger partial charge in [0.2, 0.25) is 5.91 Å². The number of carbonyl (C=O) groups is 3. The van der Waals surface area contributed by atoms with Crippen molar-refractivity contribution in [1.82, 2.24) is 20.0 Å². The number of nitro groups is 1. The minimum absolute atomic E-state index is 0.0597. The second kappa shape index (κ2) is 11.3. The average molecular weight is 524 g/mol. The first-order valence-electron chi connectivity index (χ1n) is 12.6. The van der Waals surface area contributed by atoms with E-state index in [2.05, 4.69) is 5.32 Å². The van der Waals surface area contributed by atoms with Crippen molar-refractivity contribution in [2.75, 3.05) is 46.9 Å². The fourth-order valence-corrected chi connectivity index (χ4v) is 4.92. The van der Waals surface area contributed by atoms with Crippen molar-refractivity contribution in [2.45, 2.75) is 31.5 Å². The molecule has 2 aliphatic rings. The average Bonchev–Trinajstić information content (AvgIpc) is 3.27. The van der Waals surface area contributed by atoms with Gasteiger partial charge in [0.05, 0.1) is 11.5 Å². The molecule has 38 heavy (non-hydrogen) atoms. The molecule has 0 aliphatic carbocycles. The van der Waals surface area contributed by atoms with Crippen LogP contribution in [0.1, 0.15) is 39.1 Å². The van der Waals surface area contributed by atoms with Crippen molar-refractivity contribution < 1.29 is 24.0 Å². The number of hydrogen-bond donors (Lipinski definition) is 1. The lowest BCUT2D eigenvalue weighted by Gasteiger charge is -2.44. The summed E-state index contributed by atoms with van der Waals surface area (Å²) < 4.78 is 6.21. The van der Waals surface area contributed by atoms with E-state index >= 15 is 0 Å². The van der Waals surface area contributed by atoms with Gasteiger partial charge in [0.1, 0.15) is 11.8 Å². The Morgan fingerprint density at radius 1 is 1.08 bits per heavy atom. The Balaban J connectivity index is 1.54. The molecule has 11 nitrogen and oxygen atoms in total. The smallest absolute Gasteiger partial charge is 0.270 e. The number of nitro benzene ring substituents is 1. The monoisotopic (exact) mass is 523 g/mol. The van der Waals surface area contributed by atoms with Crippen molar-refractivity contribution in [3.05, 3.63) is 75.3 Å². The van der Waals surface area contributed by atoms with Gasteiger partial charge in [-0.3, -0.25) is 29.4 Å². The first kappa shape index (κ1) is 27.2. The number of likely N-dealkylation sites (N-methyl/N-ethyl adjacent to an activating group) is 1. The van der Waals surface area contributed by atoms with Crippen LogP contribution in [0.3, 0.4) is 0 Å². The van der Waals surface area contributed by atoms with Crippen LogP contribution < -0.4 is 5.32 Å². The van der Waals surface area contributed by atoms with Crippen LogP contribution in [0.25, 0.3) is 0 Å². The van der Waals surface area contributed by atoms with Gasteiger partial charge in [-0.25, -0.2) is 0 Å². The van der Waals surface area contributed by atoms with Crippen molar-refractivity contribution >= 4 is 23.4 Å². The van der Waals surface area contributed by atoms with E-state index in [0.717, 1.165) is 5.56 Å². The third kappa shape index (κ3) is 5.68. The molecule has 0 radical (unpaired) electrons.